The van der Waals surface area contributed by atoms with E-state index in [2.05, 4.69) is 15.4 Å². The fourth-order valence-electron chi connectivity index (χ4n) is 2.10. The molecule has 0 aromatic carbocycles. The number of amides is 1. The number of carbonyl (C=O) groups excluding carboxylic acids is 2. The lowest BCUT2D eigenvalue weighted by Gasteiger charge is -1.99. The summed E-state index contributed by atoms with van der Waals surface area (Å²) < 4.78 is 6.65. The number of aryl methyl sites for hydroxylation is 2. The second-order valence-electron chi connectivity index (χ2n) is 5.11. The van der Waals surface area contributed by atoms with Gasteiger partial charge in [0.05, 0.1) is 18.8 Å². The second kappa shape index (κ2) is 7.87. The van der Waals surface area contributed by atoms with E-state index in [-0.39, 0.29) is 18.1 Å². The Kier molecular flexibility index (Phi) is 5.86. The minimum absolute atomic E-state index is 0.231. The smallest absolute Gasteiger partial charge is 0.357 e. The molecule has 128 valence electrons. The van der Waals surface area contributed by atoms with Crippen LogP contribution in [-0.2, 0) is 23.1 Å². The van der Waals surface area contributed by atoms with Gasteiger partial charge in [-0.05, 0) is 26.8 Å². The maximum atomic E-state index is 11.9. The van der Waals surface area contributed by atoms with Crippen molar-refractivity contribution in [2.45, 2.75) is 27.3 Å². The summed E-state index contributed by atoms with van der Waals surface area (Å²) in [5.41, 5.74) is 3.07. The lowest BCUT2D eigenvalue weighted by atomic mass is 10.2. The van der Waals surface area contributed by atoms with Crippen molar-refractivity contribution in [3.8, 4) is 0 Å². The maximum Gasteiger partial charge on any atom is 0.357 e. The highest BCUT2D eigenvalue weighted by molar-refractivity contribution is 7.09. The zero-order valence-corrected chi connectivity index (χ0v) is 14.9. The summed E-state index contributed by atoms with van der Waals surface area (Å²) in [5.74, 6) is -0.681. The third-order valence-corrected chi connectivity index (χ3v) is 4.27. The van der Waals surface area contributed by atoms with Crippen LogP contribution < -0.4 is 5.32 Å². The van der Waals surface area contributed by atoms with Gasteiger partial charge in [-0.1, -0.05) is 0 Å². The van der Waals surface area contributed by atoms with Gasteiger partial charge in [0, 0.05) is 29.8 Å². The molecule has 2 heterocycles. The van der Waals surface area contributed by atoms with Gasteiger partial charge in [0.1, 0.15) is 5.01 Å². The van der Waals surface area contributed by atoms with Crippen LogP contribution in [0.15, 0.2) is 11.5 Å². The number of nitrogens with one attached hydrogen (secondary N) is 1. The van der Waals surface area contributed by atoms with Crippen LogP contribution in [0.3, 0.4) is 0 Å². The summed E-state index contributed by atoms with van der Waals surface area (Å²) in [4.78, 5) is 27.6. The standard InChI is InChI=1S/C16H20N4O3S/c1-5-23-16(22)13-9-24-15(18-13)8-17-14(21)7-6-12-10(2)19-20(4)11(12)3/h6-7,9H,5,8H2,1-4H3,(H,17,21)/b7-6-. The molecule has 0 saturated heterocycles. The molecular weight excluding hydrogens is 328 g/mol. The van der Waals surface area contributed by atoms with E-state index in [0.29, 0.717) is 11.6 Å². The Hall–Kier alpha value is -2.48. The molecule has 0 saturated carbocycles. The van der Waals surface area contributed by atoms with Crippen LogP contribution in [0.2, 0.25) is 0 Å². The summed E-state index contributed by atoms with van der Waals surface area (Å²) in [6.45, 7) is 6.16. The Balaban J connectivity index is 1.91. The molecule has 0 bridgehead atoms. The Morgan fingerprint density at radius 3 is 2.79 bits per heavy atom. The first kappa shape index (κ1) is 17.9. The summed E-state index contributed by atoms with van der Waals surface area (Å²) in [5, 5.41) is 9.31. The monoisotopic (exact) mass is 348 g/mol. The molecule has 1 N–H and O–H groups in total. The number of thiazole rings is 1. The van der Waals surface area contributed by atoms with E-state index < -0.39 is 5.97 Å². The summed E-state index contributed by atoms with van der Waals surface area (Å²) in [7, 11) is 1.86. The Morgan fingerprint density at radius 2 is 2.17 bits per heavy atom. The van der Waals surface area contributed by atoms with Crippen molar-refractivity contribution >= 4 is 29.3 Å². The van der Waals surface area contributed by atoms with Crippen molar-refractivity contribution in [3.05, 3.63) is 39.1 Å². The number of carbonyl (C=O) groups is 2. The van der Waals surface area contributed by atoms with Crippen LogP contribution in [0.5, 0.6) is 0 Å². The van der Waals surface area contributed by atoms with Gasteiger partial charge in [-0.25, -0.2) is 9.78 Å². The largest absolute Gasteiger partial charge is 0.461 e. The van der Waals surface area contributed by atoms with Crippen LogP contribution in [0.4, 0.5) is 0 Å². The number of hydrogen-bond acceptors (Lipinski definition) is 6. The average Bonchev–Trinajstić information content (AvgIpc) is 3.10. The first-order valence-electron chi connectivity index (χ1n) is 7.50. The van der Waals surface area contributed by atoms with E-state index in [1.807, 2.05) is 20.9 Å². The zero-order chi connectivity index (χ0) is 17.7. The van der Waals surface area contributed by atoms with E-state index in [1.54, 1.807) is 23.1 Å². The molecule has 7 nitrogen and oxygen atoms in total. The van der Waals surface area contributed by atoms with Gasteiger partial charge in [-0.15, -0.1) is 11.3 Å². The first-order chi connectivity index (χ1) is 11.4. The van der Waals surface area contributed by atoms with E-state index >= 15 is 0 Å². The predicted molar refractivity (Wildman–Crippen MR) is 91.6 cm³/mol. The molecule has 2 aromatic rings. The van der Waals surface area contributed by atoms with E-state index in [4.69, 9.17) is 4.74 Å². The van der Waals surface area contributed by atoms with Crippen LogP contribution in [0.1, 0.15) is 39.4 Å². The van der Waals surface area contributed by atoms with Crippen LogP contribution in [0.25, 0.3) is 6.08 Å². The zero-order valence-electron chi connectivity index (χ0n) is 14.1. The third kappa shape index (κ3) is 4.29. The SMILES string of the molecule is CCOC(=O)c1csc(CNC(=O)/C=C\c2c(C)nn(C)c2C)n1. The fourth-order valence-corrected chi connectivity index (χ4v) is 2.81. The molecule has 0 atom stereocenters. The second-order valence-corrected chi connectivity index (χ2v) is 6.05. The highest BCUT2D eigenvalue weighted by atomic mass is 32.1. The normalized spacial score (nSPS) is 11.0. The molecule has 0 unspecified atom stereocenters. The van der Waals surface area contributed by atoms with E-state index in [1.165, 1.54) is 17.4 Å². The van der Waals surface area contributed by atoms with Gasteiger partial charge in [0.15, 0.2) is 5.69 Å². The number of rotatable bonds is 6. The van der Waals surface area contributed by atoms with Crippen LogP contribution >= 0.6 is 11.3 Å². The number of aromatic nitrogens is 3. The third-order valence-electron chi connectivity index (χ3n) is 3.42. The van der Waals surface area contributed by atoms with Gasteiger partial charge < -0.3 is 10.1 Å². The topological polar surface area (TPSA) is 86.1 Å². The Morgan fingerprint density at radius 1 is 1.42 bits per heavy atom. The molecule has 0 radical (unpaired) electrons. The highest BCUT2D eigenvalue weighted by Crippen LogP contribution is 2.14. The fraction of sp³-hybridized carbons (Fsp3) is 0.375. The minimum atomic E-state index is -0.450. The lowest BCUT2D eigenvalue weighted by molar-refractivity contribution is -0.116. The molecule has 0 aliphatic carbocycles. The van der Waals surface area contributed by atoms with Crippen molar-refractivity contribution in [3.63, 3.8) is 0 Å². The quantitative estimate of drug-likeness (QED) is 0.637. The molecule has 8 heteroatoms. The Bertz CT molecular complexity index is 776. The van der Waals surface area contributed by atoms with Gasteiger partial charge >= 0.3 is 5.97 Å². The average molecular weight is 348 g/mol. The molecule has 2 rings (SSSR count). The summed E-state index contributed by atoms with van der Waals surface area (Å²) in [6.07, 6.45) is 3.22. The summed E-state index contributed by atoms with van der Waals surface area (Å²) in [6, 6.07) is 0. The number of hydrogen-bond donors (Lipinski definition) is 1. The maximum absolute atomic E-state index is 11.9. The number of esters is 1. The number of ether oxygens (including phenoxy) is 1. The summed E-state index contributed by atoms with van der Waals surface area (Å²) >= 11 is 1.30. The molecule has 2 aromatic heterocycles. The van der Waals surface area contributed by atoms with Crippen LogP contribution in [0, 0.1) is 13.8 Å². The van der Waals surface area contributed by atoms with Crippen molar-refractivity contribution in [2.75, 3.05) is 6.61 Å². The minimum Gasteiger partial charge on any atom is -0.461 e. The lowest BCUT2D eigenvalue weighted by Crippen LogP contribution is -2.20. The molecule has 1 amide bonds. The molecular formula is C16H20N4O3S. The highest BCUT2D eigenvalue weighted by Gasteiger charge is 2.12. The van der Waals surface area contributed by atoms with E-state index in [9.17, 15) is 9.59 Å². The van der Waals surface area contributed by atoms with Gasteiger partial charge in [-0.2, -0.15) is 5.10 Å². The number of nitrogens with zero attached hydrogens (tertiary/aromatic N) is 3. The first-order valence-corrected chi connectivity index (χ1v) is 8.38. The molecule has 24 heavy (non-hydrogen) atoms. The molecule has 0 aliphatic rings. The van der Waals surface area contributed by atoms with Gasteiger partial charge in [0.2, 0.25) is 5.91 Å². The van der Waals surface area contributed by atoms with Crippen molar-refractivity contribution < 1.29 is 14.3 Å². The molecule has 0 aliphatic heterocycles. The van der Waals surface area contributed by atoms with E-state index in [0.717, 1.165) is 17.0 Å². The van der Waals surface area contributed by atoms with Crippen molar-refractivity contribution in [1.29, 1.82) is 0 Å². The molecule has 0 spiro atoms. The predicted octanol–water partition coefficient (Wildman–Crippen LogP) is 2.00. The Labute approximate surface area is 144 Å². The van der Waals surface area contributed by atoms with Crippen molar-refractivity contribution in [2.24, 2.45) is 7.05 Å². The van der Waals surface area contributed by atoms with Crippen LogP contribution in [-0.4, -0.2) is 33.2 Å². The molecule has 0 fully saturated rings. The van der Waals surface area contributed by atoms with Gasteiger partial charge in [-0.3, -0.25) is 9.48 Å². The van der Waals surface area contributed by atoms with Gasteiger partial charge in [0.25, 0.3) is 0 Å². The van der Waals surface area contributed by atoms with Crippen molar-refractivity contribution in [1.82, 2.24) is 20.1 Å².